The summed E-state index contributed by atoms with van der Waals surface area (Å²) in [5.74, 6) is 0.242. The van der Waals surface area contributed by atoms with Crippen LogP contribution in [0.25, 0.3) is 28.1 Å². The Hall–Kier alpha value is -4.26. The third-order valence-electron chi connectivity index (χ3n) is 5.39. The Labute approximate surface area is 196 Å². The van der Waals surface area contributed by atoms with Crippen molar-refractivity contribution in [3.63, 3.8) is 0 Å². The van der Waals surface area contributed by atoms with Gasteiger partial charge in [0.2, 0.25) is 5.88 Å². The lowest BCUT2D eigenvalue weighted by Crippen LogP contribution is -2.16. The molecule has 1 N–H and O–H groups in total. The second-order valence-electron chi connectivity index (χ2n) is 8.21. The number of benzene rings is 3. The van der Waals surface area contributed by atoms with E-state index >= 15 is 0 Å². The maximum absolute atomic E-state index is 13.8. The van der Waals surface area contributed by atoms with Crippen LogP contribution in [0.4, 0.5) is 15.8 Å². The SMILES string of the molecule is COc1ccc(-n2c3cc(=NC(C)C)c(Nc4cccc(F)c4)cc-3nc3ccccc32)cn1. The summed E-state index contributed by atoms with van der Waals surface area (Å²) in [6.07, 6.45) is 1.78. The minimum atomic E-state index is -0.304. The average Bonchev–Trinajstić information content (AvgIpc) is 2.83. The maximum atomic E-state index is 13.8. The first-order valence-electron chi connectivity index (χ1n) is 11.0. The molecule has 0 unspecified atom stereocenters. The standard InChI is InChI=1S/C27H24FN5O/c1-17(2)30-23-15-26-24(14-22(23)31-19-8-6-7-18(28)13-19)32-21-9-4-5-10-25(21)33(26)20-11-12-27(34-3)29-16-20/h4-17,31H,1-3H3. The van der Waals surface area contributed by atoms with Crippen LogP contribution in [0.2, 0.25) is 0 Å². The summed E-state index contributed by atoms with van der Waals surface area (Å²) < 4.78 is 21.2. The van der Waals surface area contributed by atoms with Gasteiger partial charge in [-0.15, -0.1) is 0 Å². The maximum Gasteiger partial charge on any atom is 0.213 e. The molecule has 0 bridgehead atoms. The third-order valence-corrected chi connectivity index (χ3v) is 5.39. The molecular formula is C27H24FN5O. The summed E-state index contributed by atoms with van der Waals surface area (Å²) in [6.45, 7) is 4.05. The number of pyridine rings is 1. The van der Waals surface area contributed by atoms with Gasteiger partial charge < -0.3 is 14.6 Å². The molecule has 6 nitrogen and oxygen atoms in total. The normalized spacial score (nSPS) is 12.0. The van der Waals surface area contributed by atoms with Gasteiger partial charge in [-0.2, -0.15) is 0 Å². The zero-order valence-electron chi connectivity index (χ0n) is 19.2. The quantitative estimate of drug-likeness (QED) is 0.346. The van der Waals surface area contributed by atoms with E-state index in [2.05, 4.69) is 14.9 Å². The number of anilines is 2. The van der Waals surface area contributed by atoms with E-state index in [1.54, 1.807) is 19.4 Å². The Bertz CT molecular complexity index is 1510. The van der Waals surface area contributed by atoms with Crippen LogP contribution in [0, 0.1) is 5.82 Å². The van der Waals surface area contributed by atoms with Gasteiger partial charge in [-0.3, -0.25) is 4.99 Å². The molecule has 0 radical (unpaired) electrons. The van der Waals surface area contributed by atoms with Gasteiger partial charge in [0.1, 0.15) is 5.82 Å². The molecule has 0 saturated heterocycles. The number of nitrogens with zero attached hydrogens (tertiary/aromatic N) is 4. The van der Waals surface area contributed by atoms with Crippen LogP contribution in [0.5, 0.6) is 5.88 Å². The predicted octanol–water partition coefficient (Wildman–Crippen LogP) is 5.73. The van der Waals surface area contributed by atoms with E-state index in [0.29, 0.717) is 11.6 Å². The summed E-state index contributed by atoms with van der Waals surface area (Å²) in [4.78, 5) is 14.2. The van der Waals surface area contributed by atoms with Crippen molar-refractivity contribution in [2.75, 3.05) is 12.4 Å². The van der Waals surface area contributed by atoms with Crippen molar-refractivity contribution in [1.29, 1.82) is 0 Å². The van der Waals surface area contributed by atoms with Crippen LogP contribution in [-0.2, 0) is 0 Å². The molecule has 170 valence electrons. The molecule has 1 aliphatic carbocycles. The molecule has 0 saturated carbocycles. The van der Waals surface area contributed by atoms with Crippen LogP contribution in [0.15, 0.2) is 84.0 Å². The fourth-order valence-electron chi connectivity index (χ4n) is 3.95. The van der Waals surface area contributed by atoms with Crippen LogP contribution in [-0.4, -0.2) is 27.7 Å². The van der Waals surface area contributed by atoms with Gasteiger partial charge in [-0.25, -0.2) is 14.4 Å². The van der Waals surface area contributed by atoms with E-state index in [1.165, 1.54) is 12.1 Å². The lowest BCUT2D eigenvalue weighted by molar-refractivity contribution is 0.398. The van der Waals surface area contributed by atoms with E-state index < -0.39 is 0 Å². The highest BCUT2D eigenvalue weighted by atomic mass is 19.1. The molecule has 1 aromatic heterocycles. The Balaban J connectivity index is 1.80. The number of hydrogen-bond donors (Lipinski definition) is 1. The first-order valence-corrected chi connectivity index (χ1v) is 11.0. The summed E-state index contributed by atoms with van der Waals surface area (Å²) in [6, 6.07) is 22.2. The number of methoxy groups -OCH3 is 1. The monoisotopic (exact) mass is 453 g/mol. The minimum Gasteiger partial charge on any atom is -0.481 e. The summed E-state index contributed by atoms with van der Waals surface area (Å²) in [5, 5.41) is 4.08. The Morgan fingerprint density at radius 1 is 1.00 bits per heavy atom. The van der Waals surface area contributed by atoms with E-state index in [0.717, 1.165) is 39.2 Å². The number of rotatable bonds is 5. The van der Waals surface area contributed by atoms with E-state index in [4.69, 9.17) is 14.7 Å². The molecule has 2 heterocycles. The zero-order chi connectivity index (χ0) is 23.7. The van der Waals surface area contributed by atoms with Crippen molar-refractivity contribution in [2.24, 2.45) is 4.99 Å². The molecule has 2 aromatic carbocycles. The highest BCUT2D eigenvalue weighted by Gasteiger charge is 2.17. The second-order valence-corrected chi connectivity index (χ2v) is 8.21. The zero-order valence-corrected chi connectivity index (χ0v) is 19.2. The summed E-state index contributed by atoms with van der Waals surface area (Å²) in [7, 11) is 1.60. The molecule has 3 aromatic rings. The fraction of sp³-hybridized carbons (Fsp3) is 0.148. The summed E-state index contributed by atoms with van der Waals surface area (Å²) in [5.41, 5.74) is 5.73. The molecule has 0 atom stereocenters. The van der Waals surface area contributed by atoms with Gasteiger partial charge in [0.25, 0.3) is 0 Å². The van der Waals surface area contributed by atoms with Gasteiger partial charge in [-0.05, 0) is 62.4 Å². The second kappa shape index (κ2) is 8.94. The third kappa shape index (κ3) is 4.20. The highest BCUT2D eigenvalue weighted by Crippen LogP contribution is 2.30. The van der Waals surface area contributed by atoms with E-state index in [9.17, 15) is 4.39 Å². The number of halogens is 1. The van der Waals surface area contributed by atoms with Crippen LogP contribution < -0.4 is 15.4 Å². The molecule has 0 fully saturated rings. The molecule has 7 heteroatoms. The number of nitrogens with one attached hydrogen (secondary N) is 1. The molecule has 1 aliphatic heterocycles. The summed E-state index contributed by atoms with van der Waals surface area (Å²) >= 11 is 0. The lowest BCUT2D eigenvalue weighted by atomic mass is 10.1. The molecule has 0 spiro atoms. The molecule has 0 amide bonds. The van der Waals surface area contributed by atoms with Crippen molar-refractivity contribution in [3.8, 4) is 23.0 Å². The minimum absolute atomic E-state index is 0.0648. The smallest absolute Gasteiger partial charge is 0.213 e. The van der Waals surface area contributed by atoms with Gasteiger partial charge in [-0.1, -0.05) is 18.2 Å². The molecular weight excluding hydrogens is 429 g/mol. The number of hydrogen-bond acceptors (Lipinski definition) is 5. The first kappa shape index (κ1) is 21.6. The van der Waals surface area contributed by atoms with Crippen molar-refractivity contribution in [2.45, 2.75) is 19.9 Å². The first-order chi connectivity index (χ1) is 16.5. The molecule has 5 rings (SSSR count). The van der Waals surface area contributed by atoms with Crippen LogP contribution in [0.1, 0.15) is 13.8 Å². The van der Waals surface area contributed by atoms with Crippen LogP contribution >= 0.6 is 0 Å². The van der Waals surface area contributed by atoms with Gasteiger partial charge in [0.15, 0.2) is 0 Å². The van der Waals surface area contributed by atoms with Gasteiger partial charge in [0.05, 0.1) is 52.5 Å². The highest BCUT2D eigenvalue weighted by molar-refractivity contribution is 5.84. The van der Waals surface area contributed by atoms with Crippen molar-refractivity contribution < 1.29 is 9.13 Å². The van der Waals surface area contributed by atoms with Crippen LogP contribution in [0.3, 0.4) is 0 Å². The number of aromatic nitrogens is 3. The number of para-hydroxylation sites is 2. The Morgan fingerprint density at radius 2 is 1.85 bits per heavy atom. The number of ether oxygens (including phenoxy) is 1. The predicted molar refractivity (Wildman–Crippen MR) is 132 cm³/mol. The molecule has 34 heavy (non-hydrogen) atoms. The Kier molecular flexibility index (Phi) is 5.67. The van der Waals surface area contributed by atoms with E-state index in [1.807, 2.05) is 68.4 Å². The van der Waals surface area contributed by atoms with Gasteiger partial charge in [0, 0.05) is 17.8 Å². The van der Waals surface area contributed by atoms with Crippen molar-refractivity contribution in [1.82, 2.24) is 14.5 Å². The van der Waals surface area contributed by atoms with E-state index in [-0.39, 0.29) is 11.9 Å². The largest absolute Gasteiger partial charge is 0.481 e. The fourth-order valence-corrected chi connectivity index (χ4v) is 3.95. The molecule has 2 aliphatic rings. The Morgan fingerprint density at radius 3 is 2.59 bits per heavy atom. The topological polar surface area (TPSA) is 64.3 Å². The van der Waals surface area contributed by atoms with Crippen molar-refractivity contribution in [3.05, 3.63) is 90.2 Å². The average molecular weight is 454 g/mol. The number of fused-ring (bicyclic) bond motifs is 2. The lowest BCUT2D eigenvalue weighted by Gasteiger charge is -2.20. The van der Waals surface area contributed by atoms with Gasteiger partial charge >= 0.3 is 0 Å². The van der Waals surface area contributed by atoms with Crippen molar-refractivity contribution >= 4 is 22.4 Å².